The fourth-order valence-corrected chi connectivity index (χ4v) is 0.920. The quantitative estimate of drug-likeness (QED) is 0.600. The van der Waals surface area contributed by atoms with Crippen LogP contribution < -0.4 is 0 Å². The molecule has 0 saturated heterocycles. The lowest BCUT2D eigenvalue weighted by Gasteiger charge is -1.88. The van der Waals surface area contributed by atoms with Crippen molar-refractivity contribution in [1.29, 1.82) is 0 Å². The van der Waals surface area contributed by atoms with Crippen molar-refractivity contribution in [2.45, 2.75) is 20.8 Å². The summed E-state index contributed by atoms with van der Waals surface area (Å²) in [7, 11) is 0. The molecule has 12 heavy (non-hydrogen) atoms. The number of oxazole rings is 1. The maximum absolute atomic E-state index is 5.10. The zero-order valence-corrected chi connectivity index (χ0v) is 7.53. The lowest BCUT2D eigenvalue weighted by Crippen LogP contribution is -1.76. The SMILES string of the molecule is CC.Cc1cncc2ncoc12. The van der Waals surface area contributed by atoms with Gasteiger partial charge in [-0.2, -0.15) is 0 Å². The smallest absolute Gasteiger partial charge is 0.182 e. The largest absolute Gasteiger partial charge is 0.443 e. The van der Waals surface area contributed by atoms with Crippen LogP contribution in [0, 0.1) is 6.92 Å². The summed E-state index contributed by atoms with van der Waals surface area (Å²) in [5, 5.41) is 0. The van der Waals surface area contributed by atoms with Crippen molar-refractivity contribution in [2.75, 3.05) is 0 Å². The average molecular weight is 164 g/mol. The molecule has 64 valence electrons. The normalized spacial score (nSPS) is 9.25. The first-order valence-electron chi connectivity index (χ1n) is 4.02. The van der Waals surface area contributed by atoms with Gasteiger partial charge in [0.15, 0.2) is 12.0 Å². The number of aromatic nitrogens is 2. The van der Waals surface area contributed by atoms with Crippen LogP contribution in [-0.4, -0.2) is 9.97 Å². The zero-order chi connectivity index (χ0) is 8.97. The van der Waals surface area contributed by atoms with Crippen LogP contribution in [0.3, 0.4) is 0 Å². The lowest BCUT2D eigenvalue weighted by molar-refractivity contribution is 0.599. The van der Waals surface area contributed by atoms with Gasteiger partial charge in [-0.1, -0.05) is 13.8 Å². The van der Waals surface area contributed by atoms with Crippen molar-refractivity contribution in [1.82, 2.24) is 9.97 Å². The summed E-state index contributed by atoms with van der Waals surface area (Å²) in [5.41, 5.74) is 2.67. The van der Waals surface area contributed by atoms with E-state index in [1.54, 1.807) is 12.4 Å². The zero-order valence-electron chi connectivity index (χ0n) is 7.53. The molecule has 0 radical (unpaired) electrons. The predicted octanol–water partition coefficient (Wildman–Crippen LogP) is 2.56. The Bertz CT molecular complexity index is 354. The van der Waals surface area contributed by atoms with Crippen molar-refractivity contribution in [3.63, 3.8) is 0 Å². The van der Waals surface area contributed by atoms with E-state index in [4.69, 9.17) is 4.42 Å². The first-order chi connectivity index (χ1) is 5.88. The molecule has 0 aliphatic rings. The van der Waals surface area contributed by atoms with E-state index >= 15 is 0 Å². The van der Waals surface area contributed by atoms with Gasteiger partial charge in [-0.15, -0.1) is 0 Å². The molecule has 0 aliphatic heterocycles. The highest BCUT2D eigenvalue weighted by Crippen LogP contribution is 2.13. The maximum atomic E-state index is 5.10. The Kier molecular flexibility index (Phi) is 2.80. The fraction of sp³-hybridized carbons (Fsp3) is 0.333. The molecule has 0 atom stereocenters. The molecule has 3 nitrogen and oxygen atoms in total. The van der Waals surface area contributed by atoms with Crippen molar-refractivity contribution in [2.24, 2.45) is 0 Å². The van der Waals surface area contributed by atoms with E-state index < -0.39 is 0 Å². The number of fused-ring (bicyclic) bond motifs is 1. The summed E-state index contributed by atoms with van der Waals surface area (Å²) < 4.78 is 5.10. The number of hydrogen-bond acceptors (Lipinski definition) is 3. The van der Waals surface area contributed by atoms with Crippen LogP contribution >= 0.6 is 0 Å². The van der Waals surface area contributed by atoms with Crippen LogP contribution in [0.5, 0.6) is 0 Å². The summed E-state index contributed by atoms with van der Waals surface area (Å²) in [6.07, 6.45) is 4.87. The van der Waals surface area contributed by atoms with Gasteiger partial charge >= 0.3 is 0 Å². The second-order valence-electron chi connectivity index (χ2n) is 2.16. The third kappa shape index (κ3) is 1.44. The highest BCUT2D eigenvalue weighted by molar-refractivity contribution is 5.73. The molecule has 2 rings (SSSR count). The standard InChI is InChI=1S/C7H6N2O.C2H6/c1-5-2-8-3-6-7(5)10-4-9-6;1-2/h2-4H,1H3;1-2H3. The molecule has 0 aliphatic carbocycles. The van der Waals surface area contributed by atoms with Crippen LogP contribution in [0.2, 0.25) is 0 Å². The van der Waals surface area contributed by atoms with Crippen LogP contribution in [0.4, 0.5) is 0 Å². The Balaban J connectivity index is 0.000000336. The molecule has 0 spiro atoms. The van der Waals surface area contributed by atoms with Crippen molar-refractivity contribution in [3.05, 3.63) is 24.4 Å². The van der Waals surface area contributed by atoms with Crippen molar-refractivity contribution >= 4 is 11.1 Å². The Morgan fingerprint density at radius 3 is 2.67 bits per heavy atom. The molecule has 0 saturated carbocycles. The molecular formula is C9H12N2O. The number of pyridine rings is 1. The van der Waals surface area contributed by atoms with E-state index in [0.717, 1.165) is 16.7 Å². The summed E-state index contributed by atoms with van der Waals surface area (Å²) in [5.74, 6) is 0. The van der Waals surface area contributed by atoms with Crippen molar-refractivity contribution in [3.8, 4) is 0 Å². The van der Waals surface area contributed by atoms with Gasteiger partial charge in [-0.05, 0) is 6.92 Å². The summed E-state index contributed by atoms with van der Waals surface area (Å²) in [4.78, 5) is 7.91. The summed E-state index contributed by atoms with van der Waals surface area (Å²) >= 11 is 0. The molecule has 0 unspecified atom stereocenters. The second kappa shape index (κ2) is 3.85. The lowest BCUT2D eigenvalue weighted by atomic mass is 10.3. The Morgan fingerprint density at radius 2 is 2.00 bits per heavy atom. The minimum Gasteiger partial charge on any atom is -0.443 e. The molecule has 0 aromatic carbocycles. The van der Waals surface area contributed by atoms with E-state index in [2.05, 4.69) is 9.97 Å². The molecule has 2 heterocycles. The molecule has 0 amide bonds. The third-order valence-corrected chi connectivity index (χ3v) is 1.42. The van der Waals surface area contributed by atoms with Gasteiger partial charge in [0.1, 0.15) is 5.52 Å². The Hall–Kier alpha value is -1.38. The number of hydrogen-bond donors (Lipinski definition) is 0. The van der Waals surface area contributed by atoms with E-state index in [0.29, 0.717) is 0 Å². The molecule has 3 heteroatoms. The molecule has 0 bridgehead atoms. The van der Waals surface area contributed by atoms with Crippen molar-refractivity contribution < 1.29 is 4.42 Å². The Morgan fingerprint density at radius 1 is 1.25 bits per heavy atom. The van der Waals surface area contributed by atoms with Gasteiger partial charge in [0.2, 0.25) is 0 Å². The topological polar surface area (TPSA) is 38.9 Å². The van der Waals surface area contributed by atoms with Gasteiger partial charge in [0, 0.05) is 11.8 Å². The highest BCUT2D eigenvalue weighted by atomic mass is 16.3. The van der Waals surface area contributed by atoms with Gasteiger partial charge in [0.25, 0.3) is 0 Å². The highest BCUT2D eigenvalue weighted by Gasteiger charge is 1.99. The first kappa shape index (κ1) is 8.71. The summed E-state index contributed by atoms with van der Waals surface area (Å²) in [6.45, 7) is 5.94. The van der Waals surface area contributed by atoms with E-state index in [1.165, 1.54) is 6.39 Å². The van der Waals surface area contributed by atoms with Gasteiger partial charge in [-0.25, -0.2) is 4.98 Å². The van der Waals surface area contributed by atoms with E-state index in [1.807, 2.05) is 20.8 Å². The fourth-order valence-electron chi connectivity index (χ4n) is 0.920. The van der Waals surface area contributed by atoms with E-state index in [-0.39, 0.29) is 0 Å². The van der Waals surface area contributed by atoms with Crippen LogP contribution in [0.15, 0.2) is 23.2 Å². The number of aryl methyl sites for hydroxylation is 1. The van der Waals surface area contributed by atoms with Crippen LogP contribution in [0.25, 0.3) is 11.1 Å². The molecule has 2 aromatic heterocycles. The average Bonchev–Trinajstić information content (AvgIpc) is 2.57. The Labute approximate surface area is 71.4 Å². The van der Waals surface area contributed by atoms with Gasteiger partial charge < -0.3 is 4.42 Å². The number of rotatable bonds is 0. The first-order valence-corrected chi connectivity index (χ1v) is 4.02. The molecule has 0 fully saturated rings. The predicted molar refractivity (Wildman–Crippen MR) is 47.9 cm³/mol. The third-order valence-electron chi connectivity index (χ3n) is 1.42. The molecule has 2 aromatic rings. The molecule has 0 N–H and O–H groups in total. The maximum Gasteiger partial charge on any atom is 0.182 e. The minimum absolute atomic E-state index is 0.819. The molecular weight excluding hydrogens is 152 g/mol. The second-order valence-corrected chi connectivity index (χ2v) is 2.16. The van der Waals surface area contributed by atoms with Crippen LogP contribution in [0.1, 0.15) is 19.4 Å². The van der Waals surface area contributed by atoms with Gasteiger partial charge in [-0.3, -0.25) is 4.98 Å². The van der Waals surface area contributed by atoms with E-state index in [9.17, 15) is 0 Å². The monoisotopic (exact) mass is 164 g/mol. The number of nitrogens with zero attached hydrogens (tertiary/aromatic N) is 2. The minimum atomic E-state index is 0.819. The summed E-state index contributed by atoms with van der Waals surface area (Å²) in [6, 6.07) is 0. The van der Waals surface area contributed by atoms with Gasteiger partial charge in [0.05, 0.1) is 6.20 Å². The van der Waals surface area contributed by atoms with Crippen LogP contribution in [-0.2, 0) is 0 Å².